The number of pyridine rings is 2. The van der Waals surface area contributed by atoms with Crippen molar-refractivity contribution in [2.75, 3.05) is 23.8 Å². The summed E-state index contributed by atoms with van der Waals surface area (Å²) in [7, 11) is 0. The monoisotopic (exact) mass is 359 g/mol. The Bertz CT molecular complexity index is 1010. The lowest BCUT2D eigenvalue weighted by Crippen LogP contribution is -2.19. The molecular weight excluding hydrogens is 338 g/mol. The number of ether oxygens (including phenoxy) is 1. The van der Waals surface area contributed by atoms with Crippen LogP contribution in [-0.2, 0) is 11.3 Å². The molecule has 1 saturated heterocycles. The fraction of sp³-hybridized carbons (Fsp3) is 0.286. The number of anilines is 2. The van der Waals surface area contributed by atoms with E-state index >= 15 is 0 Å². The van der Waals surface area contributed by atoms with Crippen LogP contribution in [0.5, 0.6) is 0 Å². The van der Waals surface area contributed by atoms with Crippen LogP contribution < -0.4 is 10.6 Å². The highest BCUT2D eigenvalue weighted by Gasteiger charge is 2.17. The van der Waals surface area contributed by atoms with Gasteiger partial charge in [-0.3, -0.25) is 9.98 Å². The van der Waals surface area contributed by atoms with Crippen molar-refractivity contribution in [3.63, 3.8) is 0 Å². The molecule has 0 radical (unpaired) electrons. The molecule has 4 heterocycles. The molecule has 1 atom stereocenters. The number of nitrogens with zero attached hydrogens (tertiary/aromatic N) is 3. The third-order valence-corrected chi connectivity index (χ3v) is 5.08. The van der Waals surface area contributed by atoms with Crippen LogP contribution in [0.15, 0.2) is 53.8 Å². The fourth-order valence-corrected chi connectivity index (χ4v) is 3.67. The summed E-state index contributed by atoms with van der Waals surface area (Å²) in [5, 5.41) is 9.12. The van der Waals surface area contributed by atoms with Gasteiger partial charge in [0.05, 0.1) is 18.3 Å². The number of hydrogen-bond donors (Lipinski definition) is 2. The highest BCUT2D eigenvalue weighted by atomic mass is 16.5. The Labute approximate surface area is 157 Å². The van der Waals surface area contributed by atoms with E-state index in [1.54, 1.807) is 0 Å². The standard InChI is InChI=1S/C21H21N5O/c1-4-18-19(22-8-1)13-25-21(18)26-15-5-6-17-14(11-15)7-9-23-20(17)24-12-16-3-2-10-27-16/h1,4-9,11,16H,2-3,10,12-13H2,(H,23,24)(H,25,26)/t16-/m0/s1. The summed E-state index contributed by atoms with van der Waals surface area (Å²) in [5.74, 6) is 1.78. The average Bonchev–Trinajstić information content (AvgIpc) is 3.36. The van der Waals surface area contributed by atoms with Crippen molar-refractivity contribution in [1.29, 1.82) is 0 Å². The zero-order valence-electron chi connectivity index (χ0n) is 15.0. The van der Waals surface area contributed by atoms with Crippen molar-refractivity contribution in [3.05, 3.63) is 60.0 Å². The van der Waals surface area contributed by atoms with Crippen molar-refractivity contribution < 1.29 is 4.74 Å². The zero-order chi connectivity index (χ0) is 18.1. The number of hydrogen-bond acceptors (Lipinski definition) is 6. The average molecular weight is 359 g/mol. The van der Waals surface area contributed by atoms with E-state index in [4.69, 9.17) is 4.74 Å². The van der Waals surface area contributed by atoms with Crippen LogP contribution in [-0.4, -0.2) is 35.1 Å². The van der Waals surface area contributed by atoms with Gasteiger partial charge in [0, 0.05) is 42.2 Å². The van der Waals surface area contributed by atoms with Gasteiger partial charge in [0.25, 0.3) is 0 Å². The molecule has 0 aliphatic carbocycles. The molecular formula is C21H21N5O. The van der Waals surface area contributed by atoms with Gasteiger partial charge in [0.2, 0.25) is 0 Å². The van der Waals surface area contributed by atoms with E-state index in [0.29, 0.717) is 6.54 Å². The highest BCUT2D eigenvalue weighted by Crippen LogP contribution is 2.26. The molecule has 0 unspecified atom stereocenters. The summed E-state index contributed by atoms with van der Waals surface area (Å²) < 4.78 is 5.69. The van der Waals surface area contributed by atoms with E-state index in [0.717, 1.165) is 65.4 Å². The first kappa shape index (κ1) is 16.2. The molecule has 5 rings (SSSR count). The lowest BCUT2D eigenvalue weighted by molar-refractivity contribution is 0.120. The topological polar surface area (TPSA) is 71.4 Å². The quantitative estimate of drug-likeness (QED) is 0.745. The molecule has 0 spiro atoms. The third-order valence-electron chi connectivity index (χ3n) is 5.08. The normalized spacial score (nSPS) is 18.4. The molecule has 2 N–H and O–H groups in total. The summed E-state index contributed by atoms with van der Waals surface area (Å²) in [5.41, 5.74) is 3.10. The van der Waals surface area contributed by atoms with Crippen molar-refractivity contribution in [2.24, 2.45) is 4.99 Å². The van der Waals surface area contributed by atoms with Gasteiger partial charge in [-0.05, 0) is 54.6 Å². The van der Waals surface area contributed by atoms with E-state index < -0.39 is 0 Å². The number of aliphatic imine (C=N–C) groups is 1. The maximum atomic E-state index is 5.69. The van der Waals surface area contributed by atoms with Crippen LogP contribution in [0.25, 0.3) is 10.8 Å². The molecule has 136 valence electrons. The second-order valence-corrected chi connectivity index (χ2v) is 6.90. The van der Waals surface area contributed by atoms with Crippen LogP contribution in [0.1, 0.15) is 24.1 Å². The van der Waals surface area contributed by atoms with E-state index in [-0.39, 0.29) is 6.10 Å². The highest BCUT2D eigenvalue weighted by molar-refractivity contribution is 6.11. The third kappa shape index (κ3) is 3.24. The molecule has 2 aliphatic rings. The van der Waals surface area contributed by atoms with E-state index in [9.17, 15) is 0 Å². The molecule has 27 heavy (non-hydrogen) atoms. The van der Waals surface area contributed by atoms with Crippen molar-refractivity contribution in [3.8, 4) is 0 Å². The largest absolute Gasteiger partial charge is 0.376 e. The molecule has 1 aromatic carbocycles. The van der Waals surface area contributed by atoms with Crippen molar-refractivity contribution in [2.45, 2.75) is 25.5 Å². The minimum absolute atomic E-state index is 0.289. The number of rotatable bonds is 4. The number of amidine groups is 1. The van der Waals surface area contributed by atoms with E-state index in [1.807, 2.05) is 24.5 Å². The summed E-state index contributed by atoms with van der Waals surface area (Å²) in [6, 6.07) is 12.3. The van der Waals surface area contributed by atoms with Gasteiger partial charge in [-0.1, -0.05) is 0 Å². The SMILES string of the molecule is c1cnc2c(c1)C(Nc1ccc3c(NC[C@@H]4CCCO4)nccc3c1)=NC2. The summed E-state index contributed by atoms with van der Waals surface area (Å²) in [6.45, 7) is 2.30. The molecule has 6 heteroatoms. The summed E-state index contributed by atoms with van der Waals surface area (Å²) in [4.78, 5) is 13.5. The summed E-state index contributed by atoms with van der Waals surface area (Å²) >= 11 is 0. The van der Waals surface area contributed by atoms with Gasteiger partial charge in [-0.25, -0.2) is 4.98 Å². The van der Waals surface area contributed by atoms with Crippen molar-refractivity contribution in [1.82, 2.24) is 9.97 Å². The first-order valence-corrected chi connectivity index (χ1v) is 9.37. The Balaban J connectivity index is 1.36. The predicted molar refractivity (Wildman–Crippen MR) is 107 cm³/mol. The van der Waals surface area contributed by atoms with Gasteiger partial charge in [-0.2, -0.15) is 0 Å². The van der Waals surface area contributed by atoms with E-state index in [1.165, 1.54) is 0 Å². The van der Waals surface area contributed by atoms with Gasteiger partial charge in [0.1, 0.15) is 11.7 Å². The molecule has 6 nitrogen and oxygen atoms in total. The Hall–Kier alpha value is -2.99. The minimum Gasteiger partial charge on any atom is -0.376 e. The summed E-state index contributed by atoms with van der Waals surface area (Å²) in [6.07, 6.45) is 6.20. The number of fused-ring (bicyclic) bond motifs is 2. The Morgan fingerprint density at radius 2 is 2.11 bits per heavy atom. The molecule has 1 fully saturated rings. The van der Waals surface area contributed by atoms with Gasteiger partial charge in [0.15, 0.2) is 0 Å². The molecule has 2 aliphatic heterocycles. The first-order valence-electron chi connectivity index (χ1n) is 9.37. The molecule has 0 amide bonds. The smallest absolute Gasteiger partial charge is 0.135 e. The maximum absolute atomic E-state index is 5.69. The second kappa shape index (κ2) is 6.96. The lowest BCUT2D eigenvalue weighted by Gasteiger charge is -2.14. The number of nitrogens with one attached hydrogen (secondary N) is 2. The number of aromatic nitrogens is 2. The van der Waals surface area contributed by atoms with E-state index in [2.05, 4.69) is 49.9 Å². The zero-order valence-corrected chi connectivity index (χ0v) is 15.0. The van der Waals surface area contributed by atoms with Crippen LogP contribution in [0.2, 0.25) is 0 Å². The number of benzene rings is 1. The molecule has 2 aromatic heterocycles. The molecule has 3 aromatic rings. The van der Waals surface area contributed by atoms with Gasteiger partial charge in [-0.15, -0.1) is 0 Å². The van der Waals surface area contributed by atoms with Crippen LogP contribution in [0.4, 0.5) is 11.5 Å². The second-order valence-electron chi connectivity index (χ2n) is 6.90. The fourth-order valence-electron chi connectivity index (χ4n) is 3.67. The van der Waals surface area contributed by atoms with Crippen LogP contribution in [0.3, 0.4) is 0 Å². The molecule has 0 bridgehead atoms. The van der Waals surface area contributed by atoms with Crippen LogP contribution in [0, 0.1) is 0 Å². The first-order chi connectivity index (χ1) is 13.4. The Kier molecular flexibility index (Phi) is 4.18. The van der Waals surface area contributed by atoms with Gasteiger partial charge >= 0.3 is 0 Å². The Morgan fingerprint density at radius 1 is 1.11 bits per heavy atom. The van der Waals surface area contributed by atoms with Gasteiger partial charge < -0.3 is 15.4 Å². The maximum Gasteiger partial charge on any atom is 0.135 e. The lowest BCUT2D eigenvalue weighted by atomic mass is 10.1. The Morgan fingerprint density at radius 3 is 3.04 bits per heavy atom. The van der Waals surface area contributed by atoms with Crippen molar-refractivity contribution >= 4 is 28.1 Å². The van der Waals surface area contributed by atoms with Crippen LogP contribution >= 0.6 is 0 Å². The predicted octanol–water partition coefficient (Wildman–Crippen LogP) is 3.59. The minimum atomic E-state index is 0.289. The molecule has 0 saturated carbocycles.